The fourth-order valence-electron chi connectivity index (χ4n) is 3.01. The second-order valence-corrected chi connectivity index (χ2v) is 8.87. The van der Waals surface area contributed by atoms with Gasteiger partial charge in [-0.2, -0.15) is 8.42 Å². The van der Waals surface area contributed by atoms with Crippen LogP contribution in [0.1, 0.15) is 110 Å². The van der Waals surface area contributed by atoms with Crippen molar-refractivity contribution in [2.75, 3.05) is 19.0 Å². The Bertz CT molecular complexity index is 361. The van der Waals surface area contributed by atoms with Crippen LogP contribution >= 0.6 is 0 Å². The molecule has 0 saturated heterocycles. The maximum atomic E-state index is 11.2. The molecule has 0 fully saturated rings. The molecule has 0 saturated carbocycles. The number of aliphatic hydroxyl groups is 1. The third-order valence-corrected chi connectivity index (χ3v) is 5.81. The Kier molecular flexibility index (Phi) is 24.8. The van der Waals surface area contributed by atoms with Gasteiger partial charge in [-0.05, 0) is 6.42 Å². The van der Waals surface area contributed by atoms with E-state index in [0.717, 1.165) is 19.3 Å². The first-order chi connectivity index (χ1) is 12.1. The van der Waals surface area contributed by atoms with E-state index in [0.29, 0.717) is 0 Å². The zero-order valence-corrected chi connectivity index (χ0v) is 20.3. The smallest absolute Gasteiger partial charge is 0.269 e. The Labute approximate surface area is 185 Å². The molecule has 0 heterocycles. The summed E-state index contributed by atoms with van der Waals surface area (Å²) in [5.41, 5.74) is 0. The van der Waals surface area contributed by atoms with Crippen LogP contribution in [0.4, 0.5) is 0 Å². The standard InChI is InChI=1S/C20H42O4S.Na/c1-2-3-4-5-6-7-8-9-10-11-12-13-14-15-16-17-19-24-25(22,23)20-18-21;/h21H,2-20H2,1H3;. The van der Waals surface area contributed by atoms with Crippen LogP contribution in [0.25, 0.3) is 0 Å². The first-order valence-electron chi connectivity index (χ1n) is 10.6. The van der Waals surface area contributed by atoms with Crippen LogP contribution in [0, 0.1) is 0 Å². The number of unbranched alkanes of at least 4 members (excludes halogenated alkanes) is 15. The second kappa shape index (κ2) is 22.2. The summed E-state index contributed by atoms with van der Waals surface area (Å²) in [5.74, 6) is -0.300. The summed E-state index contributed by atoms with van der Waals surface area (Å²) in [5, 5.41) is 8.59. The van der Waals surface area contributed by atoms with Crippen molar-refractivity contribution in [3.8, 4) is 0 Å². The molecular weight excluding hydrogens is 359 g/mol. The molecule has 0 aliphatic heterocycles. The molecule has 26 heavy (non-hydrogen) atoms. The summed E-state index contributed by atoms with van der Waals surface area (Å²) >= 11 is 0. The van der Waals surface area contributed by atoms with Gasteiger partial charge in [-0.1, -0.05) is 103 Å². The molecule has 153 valence electrons. The van der Waals surface area contributed by atoms with Crippen LogP contribution in [-0.4, -0.2) is 62.0 Å². The minimum absolute atomic E-state index is 0. The van der Waals surface area contributed by atoms with E-state index in [2.05, 4.69) is 6.92 Å². The van der Waals surface area contributed by atoms with Gasteiger partial charge >= 0.3 is 0 Å². The Morgan fingerprint density at radius 1 is 0.654 bits per heavy atom. The monoisotopic (exact) mass is 401 g/mol. The van der Waals surface area contributed by atoms with Crippen LogP contribution in [-0.2, 0) is 14.3 Å². The molecule has 4 nitrogen and oxygen atoms in total. The molecule has 1 radical (unpaired) electrons. The zero-order chi connectivity index (χ0) is 18.6. The number of rotatable bonds is 20. The quantitative estimate of drug-likeness (QED) is 0.173. The first kappa shape index (κ1) is 29.1. The van der Waals surface area contributed by atoms with Gasteiger partial charge in [0.25, 0.3) is 10.1 Å². The van der Waals surface area contributed by atoms with Crippen LogP contribution in [0.2, 0.25) is 0 Å². The van der Waals surface area contributed by atoms with Crippen LogP contribution in [0.5, 0.6) is 0 Å². The Hall–Kier alpha value is 0.870. The van der Waals surface area contributed by atoms with Crippen molar-refractivity contribution in [1.29, 1.82) is 0 Å². The normalized spacial score (nSPS) is 11.5. The summed E-state index contributed by atoms with van der Waals surface area (Å²) < 4.78 is 27.2. The molecule has 0 aromatic carbocycles. The molecule has 0 aromatic heterocycles. The number of hydrogen-bond acceptors (Lipinski definition) is 4. The maximum absolute atomic E-state index is 11.2. The van der Waals surface area contributed by atoms with Gasteiger partial charge in [-0.15, -0.1) is 0 Å². The topological polar surface area (TPSA) is 63.6 Å². The van der Waals surface area contributed by atoms with Crippen LogP contribution in [0.3, 0.4) is 0 Å². The van der Waals surface area contributed by atoms with Crippen molar-refractivity contribution in [2.24, 2.45) is 0 Å². The molecule has 0 aromatic rings. The molecule has 0 bridgehead atoms. The molecule has 1 N–H and O–H groups in total. The fourth-order valence-corrected chi connectivity index (χ4v) is 3.72. The molecule has 0 unspecified atom stereocenters. The largest absolute Gasteiger partial charge is 0.395 e. The summed E-state index contributed by atoms with van der Waals surface area (Å²) in [4.78, 5) is 0. The van der Waals surface area contributed by atoms with Crippen molar-refractivity contribution in [3.63, 3.8) is 0 Å². The molecule has 0 rings (SSSR count). The molecule has 6 heteroatoms. The van der Waals surface area contributed by atoms with Crippen LogP contribution < -0.4 is 0 Å². The summed E-state index contributed by atoms with van der Waals surface area (Å²) in [7, 11) is -3.50. The Morgan fingerprint density at radius 3 is 1.35 bits per heavy atom. The van der Waals surface area contributed by atoms with E-state index >= 15 is 0 Å². The van der Waals surface area contributed by atoms with Gasteiger partial charge in [-0.3, -0.25) is 4.18 Å². The van der Waals surface area contributed by atoms with Gasteiger partial charge in [0.1, 0.15) is 0 Å². The summed E-state index contributed by atoms with van der Waals surface area (Å²) in [6.45, 7) is 2.14. The molecule has 0 atom stereocenters. The average molecular weight is 402 g/mol. The average Bonchev–Trinajstić information content (AvgIpc) is 2.57. The van der Waals surface area contributed by atoms with Gasteiger partial charge in [-0.25, -0.2) is 0 Å². The molecular formula is C20H42NaO4S. The number of hydrogen-bond donors (Lipinski definition) is 1. The fraction of sp³-hybridized carbons (Fsp3) is 1.00. The van der Waals surface area contributed by atoms with Crippen LogP contribution in [0.15, 0.2) is 0 Å². The molecule has 0 aliphatic rings. The van der Waals surface area contributed by atoms with Gasteiger partial charge in [0, 0.05) is 29.6 Å². The van der Waals surface area contributed by atoms with Gasteiger partial charge in [0.05, 0.1) is 19.0 Å². The predicted molar refractivity (Wildman–Crippen MR) is 112 cm³/mol. The van der Waals surface area contributed by atoms with E-state index < -0.39 is 10.1 Å². The Morgan fingerprint density at radius 2 is 1.00 bits per heavy atom. The third kappa shape index (κ3) is 22.9. The second-order valence-electron chi connectivity index (χ2n) is 7.11. The Balaban J connectivity index is 0. The van der Waals surface area contributed by atoms with E-state index in [4.69, 9.17) is 9.29 Å². The zero-order valence-electron chi connectivity index (χ0n) is 17.5. The van der Waals surface area contributed by atoms with Crippen molar-refractivity contribution >= 4 is 39.7 Å². The molecule has 0 amide bonds. The summed E-state index contributed by atoms with van der Waals surface area (Å²) in [6, 6.07) is 0. The van der Waals surface area contributed by atoms with Crippen molar-refractivity contribution in [2.45, 2.75) is 110 Å². The van der Waals surface area contributed by atoms with Crippen molar-refractivity contribution < 1.29 is 17.7 Å². The first-order valence-corrected chi connectivity index (χ1v) is 12.2. The minimum atomic E-state index is -3.50. The van der Waals surface area contributed by atoms with E-state index in [-0.39, 0.29) is 48.5 Å². The minimum Gasteiger partial charge on any atom is -0.395 e. The van der Waals surface area contributed by atoms with Crippen molar-refractivity contribution in [1.82, 2.24) is 0 Å². The third-order valence-electron chi connectivity index (χ3n) is 4.60. The van der Waals surface area contributed by atoms with Gasteiger partial charge < -0.3 is 5.11 Å². The SMILES string of the molecule is CCCCCCCCCCCCCCCCCCOS(=O)(=O)CCO.[Na]. The van der Waals surface area contributed by atoms with E-state index in [1.807, 2.05) is 0 Å². The van der Waals surface area contributed by atoms with Crippen molar-refractivity contribution in [3.05, 3.63) is 0 Å². The van der Waals surface area contributed by atoms with Gasteiger partial charge in [0.2, 0.25) is 0 Å². The molecule has 0 aliphatic carbocycles. The predicted octanol–water partition coefficient (Wildman–Crippen LogP) is 5.21. The number of aliphatic hydroxyl groups excluding tert-OH is 1. The van der Waals surface area contributed by atoms with E-state index in [1.54, 1.807) is 0 Å². The molecule has 0 spiro atoms. The van der Waals surface area contributed by atoms with Gasteiger partial charge in [0.15, 0.2) is 0 Å². The maximum Gasteiger partial charge on any atom is 0.269 e. The van der Waals surface area contributed by atoms with E-state index in [9.17, 15) is 8.42 Å². The summed E-state index contributed by atoms with van der Waals surface area (Å²) in [6.07, 6.45) is 20.8. The van der Waals surface area contributed by atoms with E-state index in [1.165, 1.54) is 83.5 Å².